The molecule has 3 amide bonds. The summed E-state index contributed by atoms with van der Waals surface area (Å²) in [7, 11) is 0. The van der Waals surface area contributed by atoms with Crippen LogP contribution in [0.1, 0.15) is 57.3 Å². The van der Waals surface area contributed by atoms with Crippen molar-refractivity contribution < 1.29 is 23.9 Å². The second-order valence-electron chi connectivity index (χ2n) is 8.73. The number of rotatable bonds is 7. The number of carbonyl (C=O) groups is 4. The van der Waals surface area contributed by atoms with Crippen LogP contribution in [0, 0.1) is 5.41 Å². The Morgan fingerprint density at radius 3 is 2.45 bits per heavy atom. The van der Waals surface area contributed by atoms with E-state index in [1.54, 1.807) is 17.9 Å². The Morgan fingerprint density at radius 2 is 1.91 bits per heavy atom. The standard InChI is InChI=1S/C15H27N3O4.C7H7ClN2O/c1-5-22-13(20)10-16-17-14(21)11-7-6-8-18(11)12(19)9-15(2,3)4;8-5-3-4(7(10)11)1-2-6(5)9/h11,16H,5-10H2,1-4H3,(H,17,21);1-3H,9H2,(H2,10,11). The average molecular weight is 484 g/mol. The molecule has 1 aliphatic heterocycles. The average Bonchev–Trinajstić information content (AvgIpc) is 3.19. The summed E-state index contributed by atoms with van der Waals surface area (Å²) >= 11 is 5.63. The number of primary amides is 1. The van der Waals surface area contributed by atoms with Gasteiger partial charge in [-0.25, -0.2) is 5.43 Å². The second kappa shape index (κ2) is 13.0. The van der Waals surface area contributed by atoms with Gasteiger partial charge in [-0.3, -0.25) is 24.6 Å². The zero-order valence-electron chi connectivity index (χ0n) is 19.6. The number of amides is 3. The van der Waals surface area contributed by atoms with Crippen molar-refractivity contribution in [1.82, 2.24) is 15.8 Å². The second-order valence-corrected chi connectivity index (χ2v) is 9.14. The zero-order chi connectivity index (χ0) is 25.2. The molecule has 1 aliphatic rings. The molecule has 2 rings (SSSR count). The van der Waals surface area contributed by atoms with E-state index in [9.17, 15) is 19.2 Å². The molecule has 1 atom stereocenters. The predicted molar refractivity (Wildman–Crippen MR) is 126 cm³/mol. The summed E-state index contributed by atoms with van der Waals surface area (Å²) in [5.41, 5.74) is 16.1. The van der Waals surface area contributed by atoms with E-state index in [-0.39, 0.29) is 23.8 Å². The number of hydrazine groups is 1. The number of nitrogens with one attached hydrogen (secondary N) is 2. The highest BCUT2D eigenvalue weighted by Crippen LogP contribution is 2.24. The number of benzene rings is 1. The first-order valence-electron chi connectivity index (χ1n) is 10.7. The summed E-state index contributed by atoms with van der Waals surface area (Å²) in [6.45, 7) is 8.51. The molecule has 11 heteroatoms. The van der Waals surface area contributed by atoms with E-state index in [0.29, 0.717) is 42.3 Å². The largest absolute Gasteiger partial charge is 0.465 e. The van der Waals surface area contributed by atoms with Crippen LogP contribution in [0.25, 0.3) is 0 Å². The van der Waals surface area contributed by atoms with Crippen LogP contribution in [0.3, 0.4) is 0 Å². The molecule has 0 saturated carbocycles. The molecule has 10 nitrogen and oxygen atoms in total. The van der Waals surface area contributed by atoms with Crippen molar-refractivity contribution in [3.05, 3.63) is 28.8 Å². The Hall–Kier alpha value is -2.85. The highest BCUT2D eigenvalue weighted by atomic mass is 35.5. The van der Waals surface area contributed by atoms with Crippen LogP contribution in [0.2, 0.25) is 5.02 Å². The van der Waals surface area contributed by atoms with Gasteiger partial charge in [0.2, 0.25) is 11.8 Å². The Labute approximate surface area is 199 Å². The lowest BCUT2D eigenvalue weighted by atomic mass is 9.91. The van der Waals surface area contributed by atoms with E-state index < -0.39 is 17.9 Å². The highest BCUT2D eigenvalue weighted by Gasteiger charge is 2.35. The molecule has 1 saturated heterocycles. The van der Waals surface area contributed by atoms with Gasteiger partial charge in [-0.15, -0.1) is 0 Å². The van der Waals surface area contributed by atoms with Gasteiger partial charge in [-0.05, 0) is 43.4 Å². The Kier molecular flexibility index (Phi) is 11.1. The van der Waals surface area contributed by atoms with Gasteiger partial charge >= 0.3 is 5.97 Å². The number of halogens is 1. The third-order valence-corrected chi connectivity index (χ3v) is 4.92. The number of carbonyl (C=O) groups excluding carboxylic acids is 4. The van der Waals surface area contributed by atoms with E-state index in [1.165, 1.54) is 12.1 Å². The lowest BCUT2D eigenvalue weighted by molar-refractivity contribution is -0.143. The minimum Gasteiger partial charge on any atom is -0.465 e. The molecule has 0 spiro atoms. The molecule has 1 unspecified atom stereocenters. The molecular formula is C22H34ClN5O5. The normalized spacial score (nSPS) is 15.3. The number of esters is 1. The van der Waals surface area contributed by atoms with E-state index in [0.717, 1.165) is 6.42 Å². The Balaban J connectivity index is 0.000000412. The predicted octanol–water partition coefficient (Wildman–Crippen LogP) is 1.62. The molecule has 0 aliphatic carbocycles. The molecule has 6 N–H and O–H groups in total. The number of nitrogen functional groups attached to an aromatic ring is 1. The fourth-order valence-electron chi connectivity index (χ4n) is 3.07. The minimum absolute atomic E-state index is 0.00413. The maximum Gasteiger partial charge on any atom is 0.321 e. The lowest BCUT2D eigenvalue weighted by Crippen LogP contribution is -2.51. The molecule has 1 aromatic rings. The van der Waals surface area contributed by atoms with Crippen LogP contribution in [0.5, 0.6) is 0 Å². The summed E-state index contributed by atoms with van der Waals surface area (Å²) in [6.07, 6.45) is 1.86. The third kappa shape index (κ3) is 10.1. The van der Waals surface area contributed by atoms with Crippen molar-refractivity contribution in [2.45, 2.75) is 53.0 Å². The molecule has 184 valence electrons. The van der Waals surface area contributed by atoms with Gasteiger partial charge in [0, 0.05) is 18.5 Å². The number of nitrogens with two attached hydrogens (primary N) is 2. The van der Waals surface area contributed by atoms with Gasteiger partial charge < -0.3 is 21.1 Å². The van der Waals surface area contributed by atoms with Gasteiger partial charge in [-0.2, -0.15) is 0 Å². The number of anilines is 1. The maximum atomic E-state index is 12.3. The number of ether oxygens (including phenoxy) is 1. The van der Waals surface area contributed by atoms with Gasteiger partial charge in [0.15, 0.2) is 0 Å². The topological polar surface area (TPSA) is 157 Å². The molecule has 33 heavy (non-hydrogen) atoms. The van der Waals surface area contributed by atoms with Gasteiger partial charge in [0.1, 0.15) is 12.6 Å². The van der Waals surface area contributed by atoms with Crippen molar-refractivity contribution in [2.75, 3.05) is 25.4 Å². The summed E-state index contributed by atoms with van der Waals surface area (Å²) in [5, 5.41) is 0.348. The van der Waals surface area contributed by atoms with Gasteiger partial charge in [-0.1, -0.05) is 32.4 Å². The number of hydrogen-bond acceptors (Lipinski definition) is 7. The van der Waals surface area contributed by atoms with E-state index >= 15 is 0 Å². The van der Waals surface area contributed by atoms with Crippen molar-refractivity contribution in [2.24, 2.45) is 11.1 Å². The van der Waals surface area contributed by atoms with E-state index in [1.807, 2.05) is 20.8 Å². The van der Waals surface area contributed by atoms with Crippen LogP contribution >= 0.6 is 11.6 Å². The SMILES string of the molecule is CCOC(=O)CNNC(=O)C1CCCN1C(=O)CC(C)(C)C.NC(=O)c1ccc(N)c(Cl)c1. The first-order chi connectivity index (χ1) is 15.4. The van der Waals surface area contributed by atoms with Crippen molar-refractivity contribution >= 4 is 41.0 Å². The quantitative estimate of drug-likeness (QED) is 0.260. The Morgan fingerprint density at radius 1 is 1.24 bits per heavy atom. The molecular weight excluding hydrogens is 450 g/mol. The van der Waals surface area contributed by atoms with Crippen molar-refractivity contribution in [3.63, 3.8) is 0 Å². The monoisotopic (exact) mass is 483 g/mol. The van der Waals surface area contributed by atoms with Crippen LogP contribution < -0.4 is 22.3 Å². The molecule has 0 bridgehead atoms. The molecule has 1 aromatic carbocycles. The smallest absolute Gasteiger partial charge is 0.321 e. The first-order valence-corrected chi connectivity index (χ1v) is 11.1. The number of likely N-dealkylation sites (tertiary alicyclic amines) is 1. The van der Waals surface area contributed by atoms with Gasteiger partial charge in [0.05, 0.1) is 17.3 Å². The first kappa shape index (κ1) is 28.2. The fourth-order valence-corrected chi connectivity index (χ4v) is 3.25. The molecule has 1 fully saturated rings. The van der Waals surface area contributed by atoms with Crippen LogP contribution in [-0.4, -0.2) is 54.3 Å². The van der Waals surface area contributed by atoms with Crippen LogP contribution in [0.4, 0.5) is 5.69 Å². The van der Waals surface area contributed by atoms with Crippen LogP contribution in [-0.2, 0) is 19.1 Å². The third-order valence-electron chi connectivity index (χ3n) is 4.59. The van der Waals surface area contributed by atoms with E-state index in [2.05, 4.69) is 10.9 Å². The lowest BCUT2D eigenvalue weighted by Gasteiger charge is -2.27. The van der Waals surface area contributed by atoms with Crippen molar-refractivity contribution in [3.8, 4) is 0 Å². The Bertz CT molecular complexity index is 856. The summed E-state index contributed by atoms with van der Waals surface area (Å²) in [5.74, 6) is -1.23. The fraction of sp³-hybridized carbons (Fsp3) is 0.545. The highest BCUT2D eigenvalue weighted by molar-refractivity contribution is 6.33. The van der Waals surface area contributed by atoms with E-state index in [4.69, 9.17) is 27.8 Å². The maximum absolute atomic E-state index is 12.3. The van der Waals surface area contributed by atoms with Crippen molar-refractivity contribution in [1.29, 1.82) is 0 Å². The number of hydrogen-bond donors (Lipinski definition) is 4. The number of nitrogens with zero attached hydrogens (tertiary/aromatic N) is 1. The summed E-state index contributed by atoms with van der Waals surface area (Å²) < 4.78 is 4.75. The molecule has 1 heterocycles. The molecule has 0 aromatic heterocycles. The molecule has 0 radical (unpaired) electrons. The summed E-state index contributed by atoms with van der Waals surface area (Å²) in [4.78, 5) is 47.8. The zero-order valence-corrected chi connectivity index (χ0v) is 20.3. The minimum atomic E-state index is -0.508. The van der Waals surface area contributed by atoms with Gasteiger partial charge in [0.25, 0.3) is 5.91 Å². The van der Waals surface area contributed by atoms with Crippen LogP contribution in [0.15, 0.2) is 18.2 Å². The summed E-state index contributed by atoms with van der Waals surface area (Å²) in [6, 6.07) is 4.05.